The number of hydrazine groups is 1. The average molecular weight is 662 g/mol. The third-order valence-corrected chi connectivity index (χ3v) is 6.53. The summed E-state index contributed by atoms with van der Waals surface area (Å²) >= 11 is 6.85. The van der Waals surface area contributed by atoms with Crippen LogP contribution in [0.5, 0.6) is 11.5 Å². The number of nitrogens with zero attached hydrogens (tertiary/aromatic N) is 2. The SMILES string of the molecule is O=C(N=C1SCC(=O)N1c1cc(Cl)ccc1OC(F)C(F)F)Nc1ccc(NNC(=O)c2ccc(OC(F)(F)F)cc2)cc1. The molecule has 3 aromatic rings. The Hall–Kier alpha value is -4.64. The maximum atomic E-state index is 13.6. The summed E-state index contributed by atoms with van der Waals surface area (Å²) in [5.41, 5.74) is 5.43. The van der Waals surface area contributed by atoms with Gasteiger partial charge in [0, 0.05) is 16.3 Å². The number of thioether (sulfide) groups is 1. The number of hydrogen-bond donors (Lipinski definition) is 3. The van der Waals surface area contributed by atoms with E-state index in [-0.39, 0.29) is 32.9 Å². The molecule has 18 heteroatoms. The fourth-order valence-corrected chi connectivity index (χ4v) is 4.53. The van der Waals surface area contributed by atoms with Crippen LogP contribution in [0.1, 0.15) is 10.4 Å². The number of rotatable bonds is 9. The van der Waals surface area contributed by atoms with E-state index in [9.17, 15) is 40.7 Å². The number of nitrogens with one attached hydrogen (secondary N) is 3. The van der Waals surface area contributed by atoms with E-state index in [0.717, 1.165) is 47.0 Å². The average Bonchev–Trinajstić information content (AvgIpc) is 3.31. The molecule has 10 nitrogen and oxygen atoms in total. The molecule has 1 unspecified atom stereocenters. The number of carbonyl (C=O) groups excluding carboxylic acids is 3. The summed E-state index contributed by atoms with van der Waals surface area (Å²) in [4.78, 5) is 42.2. The molecule has 0 spiro atoms. The minimum absolute atomic E-state index is 0.0438. The number of benzene rings is 3. The van der Waals surface area contributed by atoms with Crippen LogP contribution in [0, 0.1) is 0 Å². The first kappa shape index (κ1) is 32.3. The van der Waals surface area contributed by atoms with Crippen LogP contribution in [-0.2, 0) is 4.79 Å². The van der Waals surface area contributed by atoms with Gasteiger partial charge in [-0.3, -0.25) is 25.3 Å². The topological polar surface area (TPSA) is 121 Å². The second-order valence-corrected chi connectivity index (χ2v) is 9.87. The molecule has 1 aliphatic heterocycles. The molecule has 3 aromatic carbocycles. The second kappa shape index (κ2) is 13.8. The Balaban J connectivity index is 1.37. The van der Waals surface area contributed by atoms with E-state index in [4.69, 9.17) is 11.6 Å². The van der Waals surface area contributed by atoms with Crippen molar-refractivity contribution in [2.75, 3.05) is 21.4 Å². The number of urea groups is 1. The number of amides is 4. The lowest BCUT2D eigenvalue weighted by Crippen LogP contribution is -2.31. The van der Waals surface area contributed by atoms with Crippen molar-refractivity contribution in [3.8, 4) is 11.5 Å². The van der Waals surface area contributed by atoms with Gasteiger partial charge < -0.3 is 14.8 Å². The maximum Gasteiger partial charge on any atom is 0.573 e. The van der Waals surface area contributed by atoms with Crippen molar-refractivity contribution >= 4 is 63.4 Å². The summed E-state index contributed by atoms with van der Waals surface area (Å²) in [6.07, 6.45) is -11.3. The van der Waals surface area contributed by atoms with Crippen LogP contribution in [0.4, 0.5) is 48.2 Å². The molecule has 1 fully saturated rings. The van der Waals surface area contributed by atoms with Crippen molar-refractivity contribution in [1.29, 1.82) is 0 Å². The summed E-state index contributed by atoms with van der Waals surface area (Å²) in [6.45, 7) is 0. The van der Waals surface area contributed by atoms with Gasteiger partial charge in [-0.05, 0) is 66.7 Å². The number of aliphatic imine (C=N–C) groups is 1. The van der Waals surface area contributed by atoms with Gasteiger partial charge in [0.15, 0.2) is 5.17 Å². The highest BCUT2D eigenvalue weighted by molar-refractivity contribution is 8.15. The minimum atomic E-state index is -4.86. The highest BCUT2D eigenvalue weighted by Gasteiger charge is 2.34. The molecule has 0 radical (unpaired) electrons. The van der Waals surface area contributed by atoms with E-state index in [2.05, 4.69) is 30.6 Å². The third kappa shape index (κ3) is 8.70. The van der Waals surface area contributed by atoms with Gasteiger partial charge in [0.1, 0.15) is 11.5 Å². The summed E-state index contributed by atoms with van der Waals surface area (Å²) in [5.74, 6) is -2.32. The highest BCUT2D eigenvalue weighted by Crippen LogP contribution is 2.37. The van der Waals surface area contributed by atoms with E-state index in [1.165, 1.54) is 36.4 Å². The van der Waals surface area contributed by atoms with Gasteiger partial charge in [-0.25, -0.2) is 13.6 Å². The number of hydrogen-bond acceptors (Lipinski definition) is 7. The van der Waals surface area contributed by atoms with Crippen molar-refractivity contribution in [1.82, 2.24) is 5.43 Å². The van der Waals surface area contributed by atoms with Crippen molar-refractivity contribution in [3.05, 3.63) is 77.3 Å². The Labute approximate surface area is 253 Å². The fourth-order valence-electron chi connectivity index (χ4n) is 3.50. The molecule has 0 aliphatic carbocycles. The van der Waals surface area contributed by atoms with Crippen LogP contribution < -0.4 is 30.5 Å². The summed E-state index contributed by atoms with van der Waals surface area (Å²) in [5, 5.41) is 2.40. The standard InChI is InChI=1S/C26H18ClF6N5O5S/c27-14-3-10-19(42-22(30)21(28)29)18(11-14)38-20(39)12-44-25(38)35-24(41)34-15-4-6-16(7-5-15)36-37-23(40)13-1-8-17(9-2-13)43-26(31,32)33/h1-11,21-22,36H,12H2,(H,34,41)(H,37,40). The number of alkyl halides is 6. The highest BCUT2D eigenvalue weighted by atomic mass is 35.5. The lowest BCUT2D eigenvalue weighted by Gasteiger charge is -2.21. The Morgan fingerprint density at radius 1 is 0.977 bits per heavy atom. The maximum absolute atomic E-state index is 13.6. The van der Waals surface area contributed by atoms with Gasteiger partial charge in [-0.1, -0.05) is 23.4 Å². The molecule has 44 heavy (non-hydrogen) atoms. The van der Waals surface area contributed by atoms with Gasteiger partial charge in [0.05, 0.1) is 17.1 Å². The van der Waals surface area contributed by atoms with Crippen LogP contribution in [0.25, 0.3) is 0 Å². The first-order valence-electron chi connectivity index (χ1n) is 12.0. The van der Waals surface area contributed by atoms with Crippen LogP contribution in [0.2, 0.25) is 5.02 Å². The Bertz CT molecular complexity index is 1560. The van der Waals surface area contributed by atoms with E-state index < -0.39 is 48.5 Å². The molecular formula is C26H18ClF6N5O5S. The molecule has 0 aromatic heterocycles. The fraction of sp³-hybridized carbons (Fsp3) is 0.154. The number of anilines is 3. The zero-order valence-corrected chi connectivity index (χ0v) is 23.3. The number of ether oxygens (including phenoxy) is 2. The Morgan fingerprint density at radius 3 is 2.27 bits per heavy atom. The lowest BCUT2D eigenvalue weighted by atomic mass is 10.2. The number of carbonyl (C=O) groups is 3. The van der Waals surface area contributed by atoms with Crippen LogP contribution in [-0.4, -0.2) is 47.9 Å². The molecule has 0 bridgehead atoms. The summed E-state index contributed by atoms with van der Waals surface area (Å²) in [7, 11) is 0. The molecule has 232 valence electrons. The van der Waals surface area contributed by atoms with Gasteiger partial charge in [-0.15, -0.1) is 13.2 Å². The molecule has 1 aliphatic rings. The van der Waals surface area contributed by atoms with Crippen LogP contribution >= 0.6 is 23.4 Å². The zero-order chi connectivity index (χ0) is 32.0. The van der Waals surface area contributed by atoms with Gasteiger partial charge in [0.2, 0.25) is 5.91 Å². The predicted octanol–water partition coefficient (Wildman–Crippen LogP) is 6.60. The molecular weight excluding hydrogens is 644 g/mol. The van der Waals surface area contributed by atoms with Crippen molar-refractivity contribution in [3.63, 3.8) is 0 Å². The van der Waals surface area contributed by atoms with Gasteiger partial charge >= 0.3 is 18.8 Å². The van der Waals surface area contributed by atoms with E-state index in [1.807, 2.05) is 0 Å². The van der Waals surface area contributed by atoms with Crippen LogP contribution in [0.15, 0.2) is 71.7 Å². The zero-order valence-electron chi connectivity index (χ0n) is 21.7. The first-order valence-corrected chi connectivity index (χ1v) is 13.4. The molecule has 1 heterocycles. The van der Waals surface area contributed by atoms with E-state index >= 15 is 0 Å². The third-order valence-electron chi connectivity index (χ3n) is 5.37. The summed E-state index contributed by atoms with van der Waals surface area (Å²) in [6, 6.07) is 12.7. The van der Waals surface area contributed by atoms with Crippen LogP contribution in [0.3, 0.4) is 0 Å². The lowest BCUT2D eigenvalue weighted by molar-refractivity contribution is -0.274. The molecule has 1 saturated heterocycles. The second-order valence-electron chi connectivity index (χ2n) is 8.49. The monoisotopic (exact) mass is 661 g/mol. The Morgan fingerprint density at radius 2 is 1.64 bits per heavy atom. The summed E-state index contributed by atoms with van der Waals surface area (Å²) < 4.78 is 84.3. The molecule has 1 atom stereocenters. The van der Waals surface area contributed by atoms with E-state index in [1.54, 1.807) is 0 Å². The predicted molar refractivity (Wildman–Crippen MR) is 150 cm³/mol. The Kier molecular flexibility index (Phi) is 10.1. The van der Waals surface area contributed by atoms with Crippen molar-refractivity contribution < 1.29 is 50.2 Å². The molecule has 4 rings (SSSR count). The largest absolute Gasteiger partial charge is 0.573 e. The van der Waals surface area contributed by atoms with Crippen molar-refractivity contribution in [2.24, 2.45) is 4.99 Å². The molecule has 4 amide bonds. The normalized spacial score (nSPS) is 14.9. The van der Waals surface area contributed by atoms with Gasteiger partial charge in [-0.2, -0.15) is 9.38 Å². The smallest absolute Gasteiger partial charge is 0.452 e. The number of amidine groups is 1. The minimum Gasteiger partial charge on any atom is -0.452 e. The molecule has 3 N–H and O–H groups in total. The van der Waals surface area contributed by atoms with Crippen molar-refractivity contribution in [2.45, 2.75) is 19.1 Å². The number of halogens is 7. The molecule has 0 saturated carbocycles. The quantitative estimate of drug-likeness (QED) is 0.174. The van der Waals surface area contributed by atoms with E-state index in [0.29, 0.717) is 5.69 Å². The van der Waals surface area contributed by atoms with Gasteiger partial charge in [0.25, 0.3) is 12.3 Å². The first-order chi connectivity index (χ1) is 20.8.